The van der Waals surface area contributed by atoms with Gasteiger partial charge in [-0.3, -0.25) is 9.69 Å². The summed E-state index contributed by atoms with van der Waals surface area (Å²) < 4.78 is 4.97. The Morgan fingerprint density at radius 2 is 2.06 bits per heavy atom. The molecule has 0 radical (unpaired) electrons. The fourth-order valence-electron chi connectivity index (χ4n) is 2.59. The molecule has 5 nitrogen and oxygen atoms in total. The van der Waals surface area contributed by atoms with Crippen LogP contribution in [-0.2, 0) is 9.53 Å². The van der Waals surface area contributed by atoms with E-state index in [9.17, 15) is 9.59 Å². The van der Waals surface area contributed by atoms with E-state index in [2.05, 4.69) is 4.90 Å². The zero-order chi connectivity index (χ0) is 12.3. The third-order valence-corrected chi connectivity index (χ3v) is 3.58. The van der Waals surface area contributed by atoms with Gasteiger partial charge in [0.05, 0.1) is 6.61 Å². The Kier molecular flexibility index (Phi) is 3.99. The lowest BCUT2D eigenvalue weighted by Gasteiger charge is -2.37. The number of ketones is 1. The Morgan fingerprint density at radius 1 is 1.35 bits per heavy atom. The van der Waals surface area contributed by atoms with Gasteiger partial charge in [-0.2, -0.15) is 0 Å². The third kappa shape index (κ3) is 2.97. The maximum absolute atomic E-state index is 11.5. The molecule has 2 fully saturated rings. The average Bonchev–Trinajstić information content (AvgIpc) is 2.76. The van der Waals surface area contributed by atoms with Crippen molar-refractivity contribution in [2.24, 2.45) is 0 Å². The van der Waals surface area contributed by atoms with Gasteiger partial charge in [-0.15, -0.1) is 0 Å². The molecule has 5 heteroatoms. The van der Waals surface area contributed by atoms with Gasteiger partial charge in [-0.1, -0.05) is 0 Å². The number of piperazine rings is 1. The highest BCUT2D eigenvalue weighted by Crippen LogP contribution is 2.22. The quantitative estimate of drug-likeness (QED) is 0.719. The van der Waals surface area contributed by atoms with Gasteiger partial charge in [0.15, 0.2) is 0 Å². The SMILES string of the molecule is CCOC(=O)N1CCN(C2CCC(=O)C2)CC1. The minimum Gasteiger partial charge on any atom is -0.450 e. The topological polar surface area (TPSA) is 49.9 Å². The van der Waals surface area contributed by atoms with Crippen molar-refractivity contribution < 1.29 is 14.3 Å². The summed E-state index contributed by atoms with van der Waals surface area (Å²) in [5, 5.41) is 0. The molecule has 1 atom stereocenters. The molecule has 0 aromatic heterocycles. The standard InChI is InChI=1S/C12H20N2O3/c1-2-17-12(16)14-7-5-13(6-8-14)10-3-4-11(15)9-10/h10H,2-9H2,1H3. The largest absolute Gasteiger partial charge is 0.450 e. The number of carbonyl (C=O) groups excluding carboxylic acids is 2. The van der Waals surface area contributed by atoms with Crippen LogP contribution in [0.4, 0.5) is 4.79 Å². The van der Waals surface area contributed by atoms with E-state index in [1.165, 1.54) is 0 Å². The molecule has 1 aliphatic carbocycles. The van der Waals surface area contributed by atoms with Crippen molar-refractivity contribution >= 4 is 11.9 Å². The van der Waals surface area contributed by atoms with Crippen LogP contribution in [0.25, 0.3) is 0 Å². The first-order valence-corrected chi connectivity index (χ1v) is 6.38. The van der Waals surface area contributed by atoms with Crippen LogP contribution in [0.15, 0.2) is 0 Å². The number of rotatable bonds is 2. The van der Waals surface area contributed by atoms with Crippen LogP contribution in [0.2, 0.25) is 0 Å². The van der Waals surface area contributed by atoms with Gasteiger partial charge in [0, 0.05) is 45.1 Å². The predicted octanol–water partition coefficient (Wildman–Crippen LogP) is 0.882. The molecule has 96 valence electrons. The lowest BCUT2D eigenvalue weighted by molar-refractivity contribution is -0.117. The Hall–Kier alpha value is -1.10. The van der Waals surface area contributed by atoms with Crippen LogP contribution in [0.1, 0.15) is 26.2 Å². The fourth-order valence-corrected chi connectivity index (χ4v) is 2.59. The van der Waals surface area contributed by atoms with Gasteiger partial charge < -0.3 is 9.64 Å². The molecule has 0 spiro atoms. The highest BCUT2D eigenvalue weighted by molar-refractivity contribution is 5.81. The minimum absolute atomic E-state index is 0.213. The van der Waals surface area contributed by atoms with Crippen molar-refractivity contribution in [3.8, 4) is 0 Å². The first-order chi connectivity index (χ1) is 8.20. The molecule has 1 unspecified atom stereocenters. The van der Waals surface area contributed by atoms with E-state index in [-0.39, 0.29) is 6.09 Å². The molecule has 0 aromatic carbocycles. The molecule has 1 aliphatic heterocycles. The first kappa shape index (κ1) is 12.4. The number of amides is 1. The van der Waals surface area contributed by atoms with E-state index < -0.39 is 0 Å². The van der Waals surface area contributed by atoms with Crippen LogP contribution in [0.5, 0.6) is 0 Å². The summed E-state index contributed by atoms with van der Waals surface area (Å²) in [5.74, 6) is 0.378. The van der Waals surface area contributed by atoms with Crippen LogP contribution < -0.4 is 0 Å². The highest BCUT2D eigenvalue weighted by Gasteiger charge is 2.31. The zero-order valence-corrected chi connectivity index (χ0v) is 10.4. The summed E-state index contributed by atoms with van der Waals surface area (Å²) in [5.41, 5.74) is 0. The summed E-state index contributed by atoms with van der Waals surface area (Å²) in [6.45, 7) is 5.38. The van der Waals surface area contributed by atoms with Crippen molar-refractivity contribution in [2.75, 3.05) is 32.8 Å². The second-order valence-electron chi connectivity index (χ2n) is 4.66. The molecular formula is C12H20N2O3. The molecule has 2 aliphatic rings. The number of hydrogen-bond donors (Lipinski definition) is 0. The van der Waals surface area contributed by atoms with Crippen molar-refractivity contribution in [1.82, 2.24) is 9.80 Å². The Labute approximate surface area is 102 Å². The van der Waals surface area contributed by atoms with Crippen molar-refractivity contribution in [3.05, 3.63) is 0 Å². The number of nitrogens with zero attached hydrogens (tertiary/aromatic N) is 2. The normalized spacial score (nSPS) is 26.3. The fraction of sp³-hybridized carbons (Fsp3) is 0.833. The molecule has 1 saturated carbocycles. The predicted molar refractivity (Wildman–Crippen MR) is 62.8 cm³/mol. The maximum atomic E-state index is 11.5. The molecule has 2 rings (SSSR count). The molecule has 1 amide bonds. The zero-order valence-electron chi connectivity index (χ0n) is 10.4. The van der Waals surface area contributed by atoms with E-state index in [1.54, 1.807) is 4.90 Å². The molecule has 1 heterocycles. The molecule has 1 saturated heterocycles. The van der Waals surface area contributed by atoms with Crippen LogP contribution in [-0.4, -0.2) is 60.5 Å². The smallest absolute Gasteiger partial charge is 0.409 e. The highest BCUT2D eigenvalue weighted by atomic mass is 16.6. The van der Waals surface area contributed by atoms with E-state index in [0.29, 0.717) is 37.9 Å². The van der Waals surface area contributed by atoms with E-state index in [4.69, 9.17) is 4.74 Å². The van der Waals surface area contributed by atoms with E-state index in [0.717, 1.165) is 25.9 Å². The Bertz CT molecular complexity index is 298. The summed E-state index contributed by atoms with van der Waals surface area (Å²) in [6.07, 6.45) is 2.19. The molecule has 0 N–H and O–H groups in total. The number of carbonyl (C=O) groups is 2. The molecule has 17 heavy (non-hydrogen) atoms. The van der Waals surface area contributed by atoms with Crippen molar-refractivity contribution in [1.29, 1.82) is 0 Å². The summed E-state index contributed by atoms with van der Waals surface area (Å²) in [4.78, 5) is 26.8. The van der Waals surface area contributed by atoms with Gasteiger partial charge in [0.1, 0.15) is 5.78 Å². The maximum Gasteiger partial charge on any atom is 0.409 e. The summed E-state index contributed by atoms with van der Waals surface area (Å²) >= 11 is 0. The van der Waals surface area contributed by atoms with Crippen LogP contribution in [0, 0.1) is 0 Å². The lowest BCUT2D eigenvalue weighted by Crippen LogP contribution is -2.51. The molecular weight excluding hydrogens is 220 g/mol. The van der Waals surface area contributed by atoms with Gasteiger partial charge in [0.2, 0.25) is 0 Å². The average molecular weight is 240 g/mol. The summed E-state index contributed by atoms with van der Waals surface area (Å²) in [7, 11) is 0. The van der Waals surface area contributed by atoms with Gasteiger partial charge in [-0.25, -0.2) is 4.79 Å². The number of Topliss-reactive ketones (excluding diaryl/α,β-unsaturated/α-hetero) is 1. The van der Waals surface area contributed by atoms with Crippen molar-refractivity contribution in [2.45, 2.75) is 32.2 Å². The third-order valence-electron chi connectivity index (χ3n) is 3.58. The van der Waals surface area contributed by atoms with E-state index in [1.807, 2.05) is 6.92 Å². The Balaban J connectivity index is 1.78. The molecule has 0 aromatic rings. The Morgan fingerprint density at radius 3 is 2.59 bits per heavy atom. The van der Waals surface area contributed by atoms with Gasteiger partial charge >= 0.3 is 6.09 Å². The van der Waals surface area contributed by atoms with Crippen LogP contribution in [0.3, 0.4) is 0 Å². The van der Waals surface area contributed by atoms with Crippen LogP contribution >= 0.6 is 0 Å². The second-order valence-corrected chi connectivity index (χ2v) is 4.66. The summed E-state index contributed by atoms with van der Waals surface area (Å²) in [6, 6.07) is 0.409. The van der Waals surface area contributed by atoms with E-state index >= 15 is 0 Å². The second kappa shape index (κ2) is 5.49. The molecule has 0 bridgehead atoms. The van der Waals surface area contributed by atoms with Gasteiger partial charge in [0.25, 0.3) is 0 Å². The number of ether oxygens (including phenoxy) is 1. The minimum atomic E-state index is -0.213. The lowest BCUT2D eigenvalue weighted by atomic mass is 10.2. The first-order valence-electron chi connectivity index (χ1n) is 6.38. The number of hydrogen-bond acceptors (Lipinski definition) is 4. The van der Waals surface area contributed by atoms with Gasteiger partial charge in [-0.05, 0) is 13.3 Å². The monoisotopic (exact) mass is 240 g/mol. The van der Waals surface area contributed by atoms with Crippen molar-refractivity contribution in [3.63, 3.8) is 0 Å².